The summed E-state index contributed by atoms with van der Waals surface area (Å²) in [5.74, 6) is 1.67. The molecule has 6 aromatic carbocycles. The zero-order chi connectivity index (χ0) is 32.5. The number of aryl methyl sites for hydroxylation is 1. The Kier molecular flexibility index (Phi) is 6.64. The number of nitrogens with zero attached hydrogens (tertiary/aromatic N) is 3. The molecule has 8 aromatic rings. The van der Waals surface area contributed by atoms with Crippen molar-refractivity contribution in [3.05, 3.63) is 161 Å². The van der Waals surface area contributed by atoms with Crippen LogP contribution in [0.25, 0.3) is 58.2 Å². The van der Waals surface area contributed by atoms with E-state index >= 15 is 0 Å². The summed E-state index contributed by atoms with van der Waals surface area (Å²) < 4.78 is 3.95. The lowest BCUT2D eigenvalue weighted by Gasteiger charge is -2.32. The van der Waals surface area contributed by atoms with Gasteiger partial charge in [0, 0.05) is 47.9 Å². The predicted octanol–water partition coefficient (Wildman–Crippen LogP) is 11.9. The van der Waals surface area contributed by atoms with Gasteiger partial charge < -0.3 is 4.90 Å². The van der Waals surface area contributed by atoms with Crippen molar-refractivity contribution in [1.29, 1.82) is 0 Å². The molecule has 0 N–H and O–H groups in total. The van der Waals surface area contributed by atoms with E-state index < -0.39 is 0 Å². The van der Waals surface area contributed by atoms with Gasteiger partial charge in [-0.15, -0.1) is 22.7 Å². The Morgan fingerprint density at radius 2 is 1.43 bits per heavy atom. The Balaban J connectivity index is 1.10. The summed E-state index contributed by atoms with van der Waals surface area (Å²) in [6.45, 7) is 0. The number of allylic oxidation sites excluding steroid dienone is 1. The van der Waals surface area contributed by atoms with E-state index in [0.717, 1.165) is 41.2 Å². The van der Waals surface area contributed by atoms with Gasteiger partial charge in [-0.05, 0) is 87.7 Å². The minimum atomic E-state index is -0.217. The maximum Gasteiger partial charge on any atom is 0.159 e. The number of hydrogen-bond donors (Lipinski definition) is 0. The lowest BCUT2D eigenvalue weighted by atomic mass is 9.94. The first-order valence-corrected chi connectivity index (χ1v) is 18.4. The zero-order valence-electron chi connectivity index (χ0n) is 26.9. The van der Waals surface area contributed by atoms with E-state index in [-0.39, 0.29) is 6.17 Å². The highest BCUT2D eigenvalue weighted by atomic mass is 32.1. The minimum Gasteiger partial charge on any atom is -0.333 e. The monoisotopic (exact) mass is 665 g/mol. The van der Waals surface area contributed by atoms with Crippen LogP contribution >= 0.6 is 22.7 Å². The first-order valence-electron chi connectivity index (χ1n) is 16.8. The van der Waals surface area contributed by atoms with Gasteiger partial charge in [-0.25, -0.2) is 9.98 Å². The summed E-state index contributed by atoms with van der Waals surface area (Å²) in [7, 11) is 2.11. The third-order valence-corrected chi connectivity index (χ3v) is 12.3. The normalized spacial score (nSPS) is 16.0. The Bertz CT molecular complexity index is 2690. The van der Waals surface area contributed by atoms with Crippen LogP contribution < -0.4 is 0 Å². The molecule has 3 nitrogen and oxygen atoms in total. The van der Waals surface area contributed by atoms with E-state index in [1.165, 1.54) is 62.6 Å². The van der Waals surface area contributed by atoms with Crippen molar-refractivity contribution in [2.45, 2.75) is 19.0 Å². The molecule has 0 bridgehead atoms. The molecule has 1 atom stereocenters. The van der Waals surface area contributed by atoms with Gasteiger partial charge in [0.25, 0.3) is 0 Å². The number of thiophene rings is 2. The van der Waals surface area contributed by atoms with Crippen LogP contribution in [0.1, 0.15) is 39.7 Å². The highest BCUT2D eigenvalue weighted by molar-refractivity contribution is 7.25. The SMILES string of the molecule is CN1C(c2ccccc2)=NC(c2cccc(-c3cccc4cc5c6c(sc5cc34)C=CCC6)c2)=NC1c1ccc2c(c1)sc1ccccc12. The molecule has 49 heavy (non-hydrogen) atoms. The first kappa shape index (κ1) is 28.6. The molecule has 5 heteroatoms. The molecule has 0 saturated heterocycles. The van der Waals surface area contributed by atoms with Crippen molar-refractivity contribution < 1.29 is 0 Å². The van der Waals surface area contributed by atoms with Crippen molar-refractivity contribution in [3.63, 3.8) is 0 Å². The third kappa shape index (κ3) is 4.76. The van der Waals surface area contributed by atoms with E-state index in [2.05, 4.69) is 151 Å². The van der Waals surface area contributed by atoms with E-state index in [1.807, 2.05) is 22.7 Å². The fraction of sp³-hybridized carbons (Fsp3) is 0.0909. The number of rotatable bonds is 4. The number of aliphatic imine (C=N–C) groups is 2. The first-order chi connectivity index (χ1) is 24.2. The second kappa shape index (κ2) is 11.4. The van der Waals surface area contributed by atoms with E-state index in [9.17, 15) is 0 Å². The number of amidine groups is 2. The van der Waals surface area contributed by atoms with Gasteiger partial charge in [0.1, 0.15) is 5.84 Å². The molecule has 2 aromatic heterocycles. The van der Waals surface area contributed by atoms with Crippen LogP contribution in [0.5, 0.6) is 0 Å². The van der Waals surface area contributed by atoms with Crippen molar-refractivity contribution in [3.8, 4) is 11.1 Å². The van der Waals surface area contributed by atoms with Crippen LogP contribution in [-0.2, 0) is 6.42 Å². The second-order valence-corrected chi connectivity index (χ2v) is 15.1. The van der Waals surface area contributed by atoms with Gasteiger partial charge in [-0.1, -0.05) is 103 Å². The molecular formula is C44H31N3S2. The summed E-state index contributed by atoms with van der Waals surface area (Å²) in [6, 6.07) is 46.2. The number of fused-ring (bicyclic) bond motifs is 7. The van der Waals surface area contributed by atoms with E-state index in [1.54, 1.807) is 0 Å². The summed E-state index contributed by atoms with van der Waals surface area (Å²) >= 11 is 3.76. The quantitative estimate of drug-likeness (QED) is 0.184. The van der Waals surface area contributed by atoms with Crippen molar-refractivity contribution in [2.24, 2.45) is 9.98 Å². The van der Waals surface area contributed by atoms with Gasteiger partial charge in [0.05, 0.1) is 0 Å². The minimum absolute atomic E-state index is 0.217. The highest BCUT2D eigenvalue weighted by Gasteiger charge is 2.27. The summed E-state index contributed by atoms with van der Waals surface area (Å²) in [5.41, 5.74) is 7.16. The fourth-order valence-corrected chi connectivity index (χ4v) is 9.91. The predicted molar refractivity (Wildman–Crippen MR) is 211 cm³/mol. The number of hydrogen-bond acceptors (Lipinski definition) is 5. The molecule has 10 rings (SSSR count). The Morgan fingerprint density at radius 1 is 0.633 bits per heavy atom. The van der Waals surface area contributed by atoms with Crippen LogP contribution in [0.3, 0.4) is 0 Å². The molecule has 2 aliphatic rings. The topological polar surface area (TPSA) is 28.0 Å². The molecule has 1 aliphatic carbocycles. The molecule has 1 unspecified atom stereocenters. The van der Waals surface area contributed by atoms with Crippen molar-refractivity contribution in [1.82, 2.24) is 4.90 Å². The molecule has 0 spiro atoms. The van der Waals surface area contributed by atoms with Gasteiger partial charge in [0.2, 0.25) is 0 Å². The zero-order valence-corrected chi connectivity index (χ0v) is 28.6. The maximum atomic E-state index is 5.37. The fourth-order valence-electron chi connectivity index (χ4n) is 7.55. The Labute approximate surface area is 292 Å². The molecule has 0 radical (unpaired) electrons. The van der Waals surface area contributed by atoms with E-state index in [0.29, 0.717) is 0 Å². The van der Waals surface area contributed by atoms with Gasteiger partial charge in [-0.2, -0.15) is 0 Å². The van der Waals surface area contributed by atoms with Crippen LogP contribution in [0.2, 0.25) is 0 Å². The molecular weight excluding hydrogens is 635 g/mol. The molecule has 234 valence electrons. The third-order valence-electron chi connectivity index (χ3n) is 9.98. The van der Waals surface area contributed by atoms with E-state index in [4.69, 9.17) is 9.98 Å². The highest BCUT2D eigenvalue weighted by Crippen LogP contribution is 2.41. The second-order valence-electron chi connectivity index (χ2n) is 12.9. The summed E-state index contributed by atoms with van der Waals surface area (Å²) in [5, 5.41) is 6.57. The van der Waals surface area contributed by atoms with Crippen LogP contribution in [0.4, 0.5) is 0 Å². The molecule has 0 saturated carbocycles. The lowest BCUT2D eigenvalue weighted by molar-refractivity contribution is 0.383. The van der Waals surface area contributed by atoms with Crippen molar-refractivity contribution >= 4 is 81.5 Å². The molecule has 0 amide bonds. The lowest BCUT2D eigenvalue weighted by Crippen LogP contribution is -2.35. The van der Waals surface area contributed by atoms with Crippen LogP contribution in [-0.4, -0.2) is 23.6 Å². The maximum absolute atomic E-state index is 5.37. The largest absolute Gasteiger partial charge is 0.333 e. The van der Waals surface area contributed by atoms with Crippen molar-refractivity contribution in [2.75, 3.05) is 7.05 Å². The van der Waals surface area contributed by atoms with Crippen LogP contribution in [0.15, 0.2) is 143 Å². The number of benzene rings is 6. The summed E-state index contributed by atoms with van der Waals surface area (Å²) in [6.07, 6.45) is 6.64. The van der Waals surface area contributed by atoms with Gasteiger partial charge >= 0.3 is 0 Å². The standard InChI is InChI=1S/C44H31N3S2/c1-47-43(27-11-3-2-4-12-27)45-42(46-44(47)31-21-22-35-33-16-5-7-19-38(33)48-40(35)25-31)30-15-9-13-28(23-30)32-18-10-14-29-24-37-34-17-6-8-20-39(34)49-41(37)26-36(29)32/h2-5,7-16,18-26,44H,6,17H2,1H3. The molecule has 3 heterocycles. The smallest absolute Gasteiger partial charge is 0.159 e. The van der Waals surface area contributed by atoms with Gasteiger partial charge in [0.15, 0.2) is 12.0 Å². The molecule has 0 fully saturated rings. The summed E-state index contributed by atoms with van der Waals surface area (Å²) in [4.78, 5) is 14.2. The average Bonchev–Trinajstić information content (AvgIpc) is 3.71. The Hall–Kier alpha value is -5.36. The average molecular weight is 666 g/mol. The van der Waals surface area contributed by atoms with Crippen LogP contribution in [0, 0.1) is 0 Å². The van der Waals surface area contributed by atoms with Gasteiger partial charge in [-0.3, -0.25) is 0 Å². The Morgan fingerprint density at radius 3 is 2.37 bits per heavy atom. The molecule has 1 aliphatic heterocycles.